The number of hydrogen-bond acceptors (Lipinski definition) is 7. The molecule has 0 aromatic heterocycles. The lowest BCUT2D eigenvalue weighted by molar-refractivity contribution is -0.161. The average molecular weight is 907 g/mol. The molecule has 0 heterocycles. The summed E-state index contributed by atoms with van der Waals surface area (Å²) in [6, 6.07) is 0. The summed E-state index contributed by atoms with van der Waals surface area (Å²) in [4.78, 5) is 34.7. The van der Waals surface area contributed by atoms with Gasteiger partial charge < -0.3 is 14.4 Å². The van der Waals surface area contributed by atoms with Gasteiger partial charge in [0, 0.05) is 20.0 Å². The highest BCUT2D eigenvalue weighted by atomic mass is 31.2. The van der Waals surface area contributed by atoms with Crippen LogP contribution in [-0.2, 0) is 32.7 Å². The van der Waals surface area contributed by atoms with Crippen molar-refractivity contribution in [3.8, 4) is 0 Å². The van der Waals surface area contributed by atoms with Crippen LogP contribution in [0, 0.1) is 0 Å². The lowest BCUT2D eigenvalue weighted by Crippen LogP contribution is -2.29. The summed E-state index contributed by atoms with van der Waals surface area (Å²) in [7, 11) is -3.20. The highest BCUT2D eigenvalue weighted by Gasteiger charge is 2.24. The first-order valence-electron chi connectivity index (χ1n) is 26.3. The van der Waals surface area contributed by atoms with Gasteiger partial charge in [0.25, 0.3) is 0 Å². The molecule has 63 heavy (non-hydrogen) atoms. The van der Waals surface area contributed by atoms with E-state index in [4.69, 9.17) is 14.0 Å². The van der Waals surface area contributed by atoms with Crippen LogP contribution in [0.15, 0.2) is 48.6 Å². The summed E-state index contributed by atoms with van der Waals surface area (Å²) in [6.45, 7) is 3.82. The monoisotopic (exact) mass is 907 g/mol. The van der Waals surface area contributed by atoms with E-state index < -0.39 is 26.5 Å². The van der Waals surface area contributed by atoms with Crippen LogP contribution in [0.3, 0.4) is 0 Å². The second-order valence-corrected chi connectivity index (χ2v) is 19.2. The molecule has 368 valence electrons. The van der Waals surface area contributed by atoms with E-state index in [1.165, 1.54) is 154 Å². The Bertz CT molecular complexity index is 1160. The van der Waals surface area contributed by atoms with Crippen molar-refractivity contribution in [1.29, 1.82) is 0 Å². The Morgan fingerprint density at radius 3 is 1.21 bits per heavy atom. The van der Waals surface area contributed by atoms with E-state index in [1.807, 2.05) is 0 Å². The van der Waals surface area contributed by atoms with Crippen LogP contribution < -0.4 is 0 Å². The van der Waals surface area contributed by atoms with E-state index in [9.17, 15) is 19.0 Å². The zero-order valence-electron chi connectivity index (χ0n) is 41.2. The SMILES string of the molecule is CC/C=C\C/C=C\C/C=C\C/C=C\CCCCCCCCCCCCC(=O)OC(COC(=O)CCCCCCCCCCCCCCCCCCCCCCC)COP(=O)(O)OC. The Labute approximate surface area is 388 Å². The Balaban J connectivity index is 3.87. The van der Waals surface area contributed by atoms with Crippen LogP contribution >= 0.6 is 7.82 Å². The highest BCUT2D eigenvalue weighted by molar-refractivity contribution is 7.47. The lowest BCUT2D eigenvalue weighted by Gasteiger charge is -2.19. The molecule has 0 amide bonds. The van der Waals surface area contributed by atoms with Gasteiger partial charge in [0.15, 0.2) is 6.10 Å². The highest BCUT2D eigenvalue weighted by Crippen LogP contribution is 2.42. The lowest BCUT2D eigenvalue weighted by atomic mass is 10.0. The number of rotatable bonds is 49. The molecule has 0 aliphatic heterocycles. The van der Waals surface area contributed by atoms with Crippen molar-refractivity contribution >= 4 is 19.8 Å². The summed E-state index contributed by atoms with van der Waals surface area (Å²) in [5, 5.41) is 0. The second kappa shape index (κ2) is 49.4. The molecule has 0 spiro atoms. The Morgan fingerprint density at radius 1 is 0.460 bits per heavy atom. The van der Waals surface area contributed by atoms with Crippen LogP contribution in [-0.4, -0.2) is 43.3 Å². The van der Waals surface area contributed by atoms with E-state index in [2.05, 4.69) is 67.0 Å². The maximum Gasteiger partial charge on any atom is 0.472 e. The first-order chi connectivity index (χ1) is 30.8. The van der Waals surface area contributed by atoms with Crippen molar-refractivity contribution in [3.05, 3.63) is 48.6 Å². The van der Waals surface area contributed by atoms with Crippen molar-refractivity contribution < 1.29 is 37.6 Å². The minimum atomic E-state index is -4.27. The topological polar surface area (TPSA) is 108 Å². The number of hydrogen-bond donors (Lipinski definition) is 1. The number of esters is 2. The van der Waals surface area contributed by atoms with Crippen LogP contribution in [0.4, 0.5) is 0 Å². The van der Waals surface area contributed by atoms with Gasteiger partial charge in [-0.2, -0.15) is 0 Å². The van der Waals surface area contributed by atoms with Crippen LogP contribution in [0.2, 0.25) is 0 Å². The van der Waals surface area contributed by atoms with Crippen LogP contribution in [0.25, 0.3) is 0 Å². The van der Waals surface area contributed by atoms with Gasteiger partial charge in [-0.15, -0.1) is 0 Å². The molecule has 0 aromatic rings. The largest absolute Gasteiger partial charge is 0.472 e. The minimum absolute atomic E-state index is 0.224. The molecule has 0 rings (SSSR count). The van der Waals surface area contributed by atoms with Crippen molar-refractivity contribution in [2.75, 3.05) is 20.3 Å². The van der Waals surface area contributed by atoms with E-state index in [0.717, 1.165) is 77.7 Å². The maximum atomic E-state index is 12.6. The molecular weight excluding hydrogens is 808 g/mol. The molecule has 9 heteroatoms. The molecule has 2 atom stereocenters. The maximum absolute atomic E-state index is 12.6. The standard InChI is InChI=1S/C54H99O8P/c1-4-6-8-10-12-14-16-18-20-22-24-26-27-29-31-33-35-37-39-41-43-45-47-49-54(56)62-52(51-61-63(57,58)59-3)50-60-53(55)48-46-44-42-40-38-36-34-32-30-28-25-23-21-19-17-15-13-11-9-7-5-2/h6,8,12,14,18,20,24,26,52H,4-5,7,9-11,13,15-17,19,21-23,25,27-51H2,1-3H3,(H,57,58)/b8-6-,14-12-,20-18-,26-24-. The zero-order valence-corrected chi connectivity index (χ0v) is 42.1. The quantitative estimate of drug-likeness (QED) is 0.0278. The van der Waals surface area contributed by atoms with Gasteiger partial charge >= 0.3 is 19.8 Å². The van der Waals surface area contributed by atoms with Crippen LogP contribution in [0.1, 0.15) is 258 Å². The molecule has 2 unspecified atom stereocenters. The number of ether oxygens (including phenoxy) is 2. The smallest absolute Gasteiger partial charge is 0.462 e. The Morgan fingerprint density at radius 2 is 0.810 bits per heavy atom. The predicted octanol–water partition coefficient (Wildman–Crippen LogP) is 17.3. The molecule has 0 bridgehead atoms. The molecule has 1 N–H and O–H groups in total. The number of unbranched alkanes of at least 4 members (excludes halogenated alkanes) is 30. The summed E-state index contributed by atoms with van der Waals surface area (Å²) < 4.78 is 32.2. The number of carbonyl (C=O) groups is 2. The fourth-order valence-corrected chi connectivity index (χ4v) is 8.05. The Hall–Kier alpha value is -1.99. The fourth-order valence-electron chi connectivity index (χ4n) is 7.59. The number of allylic oxidation sites excluding steroid dienone is 8. The van der Waals surface area contributed by atoms with Gasteiger partial charge in [-0.25, -0.2) is 4.57 Å². The van der Waals surface area contributed by atoms with Gasteiger partial charge in [-0.1, -0.05) is 242 Å². The third-order valence-corrected chi connectivity index (χ3v) is 12.5. The molecule has 0 aromatic carbocycles. The van der Waals surface area contributed by atoms with Crippen molar-refractivity contribution in [2.24, 2.45) is 0 Å². The molecule has 0 saturated carbocycles. The average Bonchev–Trinajstić information content (AvgIpc) is 3.28. The van der Waals surface area contributed by atoms with Crippen molar-refractivity contribution in [1.82, 2.24) is 0 Å². The third-order valence-electron chi connectivity index (χ3n) is 11.6. The summed E-state index contributed by atoms with van der Waals surface area (Å²) in [6.07, 6.45) is 61.8. The van der Waals surface area contributed by atoms with E-state index in [0.29, 0.717) is 12.8 Å². The van der Waals surface area contributed by atoms with E-state index in [1.54, 1.807) is 0 Å². The van der Waals surface area contributed by atoms with Gasteiger partial charge in [-0.3, -0.25) is 18.6 Å². The number of phosphoric ester groups is 1. The first-order valence-corrected chi connectivity index (χ1v) is 27.8. The zero-order chi connectivity index (χ0) is 46.0. The van der Waals surface area contributed by atoms with Gasteiger partial charge in [0.1, 0.15) is 6.61 Å². The normalized spacial score (nSPS) is 13.5. The second-order valence-electron chi connectivity index (χ2n) is 17.6. The third kappa shape index (κ3) is 49.3. The molecule has 0 saturated heterocycles. The van der Waals surface area contributed by atoms with E-state index in [-0.39, 0.29) is 19.0 Å². The molecule has 0 fully saturated rings. The molecule has 8 nitrogen and oxygen atoms in total. The van der Waals surface area contributed by atoms with E-state index >= 15 is 0 Å². The van der Waals surface area contributed by atoms with Gasteiger partial charge in [0.2, 0.25) is 0 Å². The Kier molecular flexibility index (Phi) is 47.9. The predicted molar refractivity (Wildman–Crippen MR) is 267 cm³/mol. The summed E-state index contributed by atoms with van der Waals surface area (Å²) in [5.41, 5.74) is 0. The van der Waals surface area contributed by atoms with Crippen molar-refractivity contribution in [2.45, 2.75) is 264 Å². The molecular formula is C54H99O8P. The van der Waals surface area contributed by atoms with Gasteiger partial charge in [0.05, 0.1) is 6.61 Å². The molecule has 0 aliphatic carbocycles. The fraction of sp³-hybridized carbons (Fsp3) is 0.815. The summed E-state index contributed by atoms with van der Waals surface area (Å²) >= 11 is 0. The minimum Gasteiger partial charge on any atom is -0.462 e. The molecule has 0 aliphatic rings. The first kappa shape index (κ1) is 61.0. The van der Waals surface area contributed by atoms with Crippen LogP contribution in [0.5, 0.6) is 0 Å². The van der Waals surface area contributed by atoms with Crippen molar-refractivity contribution in [3.63, 3.8) is 0 Å². The summed E-state index contributed by atoms with van der Waals surface area (Å²) in [5.74, 6) is -0.797. The number of carbonyl (C=O) groups excluding carboxylic acids is 2. The number of phosphoric acid groups is 1. The van der Waals surface area contributed by atoms with Gasteiger partial charge in [-0.05, 0) is 51.4 Å². The molecule has 0 radical (unpaired) electrons.